The van der Waals surface area contributed by atoms with Gasteiger partial charge < -0.3 is 14.4 Å². The van der Waals surface area contributed by atoms with Gasteiger partial charge in [-0.15, -0.1) is 0 Å². The fourth-order valence-corrected chi connectivity index (χ4v) is 7.15. The predicted molar refractivity (Wildman–Crippen MR) is 90.9 cm³/mol. The van der Waals surface area contributed by atoms with Crippen LogP contribution in [0.1, 0.15) is 37.2 Å². The third kappa shape index (κ3) is 1.25. The van der Waals surface area contributed by atoms with Gasteiger partial charge in [0.25, 0.3) is 0 Å². The number of ether oxygens (including phenoxy) is 2. The third-order valence-corrected chi connectivity index (χ3v) is 7.76. The van der Waals surface area contributed by atoms with Crippen molar-refractivity contribution in [2.24, 2.45) is 5.41 Å². The molecule has 4 atom stereocenters. The number of fused-ring (bicyclic) bond motifs is 4. The van der Waals surface area contributed by atoms with Gasteiger partial charge in [0, 0.05) is 36.4 Å². The summed E-state index contributed by atoms with van der Waals surface area (Å²) < 4.78 is 11.3. The number of hydrogen-bond acceptors (Lipinski definition) is 4. The van der Waals surface area contributed by atoms with Gasteiger partial charge in [0.15, 0.2) is 11.5 Å². The maximum atomic E-state index is 13.3. The molecule has 25 heavy (non-hydrogen) atoms. The number of anilines is 1. The molecule has 1 spiro atoms. The Kier molecular flexibility index (Phi) is 2.05. The van der Waals surface area contributed by atoms with Crippen molar-refractivity contribution in [3.05, 3.63) is 29.8 Å². The summed E-state index contributed by atoms with van der Waals surface area (Å²) in [6.45, 7) is 2.44. The third-order valence-electron chi connectivity index (χ3n) is 7.76. The first-order chi connectivity index (χ1) is 12.2. The Morgan fingerprint density at radius 2 is 2.04 bits per heavy atom. The maximum absolute atomic E-state index is 13.3. The molecule has 2 saturated heterocycles. The fourth-order valence-electron chi connectivity index (χ4n) is 7.15. The van der Waals surface area contributed by atoms with Crippen molar-refractivity contribution in [2.45, 2.75) is 43.2 Å². The number of amides is 1. The summed E-state index contributed by atoms with van der Waals surface area (Å²) in [4.78, 5) is 18.2. The lowest BCUT2D eigenvalue weighted by Gasteiger charge is -2.59. The average Bonchev–Trinajstić information content (AvgIpc) is 3.25. The van der Waals surface area contributed by atoms with Crippen molar-refractivity contribution >= 4 is 11.6 Å². The first kappa shape index (κ1) is 13.2. The summed E-state index contributed by atoms with van der Waals surface area (Å²) in [6, 6.07) is 4.69. The number of carbonyl (C=O) groups excluding carboxylic acids is 1. The van der Waals surface area contributed by atoms with Crippen LogP contribution in [-0.4, -0.2) is 42.3 Å². The van der Waals surface area contributed by atoms with E-state index in [9.17, 15) is 4.79 Å². The predicted octanol–water partition coefficient (Wildman–Crippen LogP) is 2.41. The smallest absolute Gasteiger partial charge is 0.231 e. The second kappa shape index (κ2) is 3.88. The first-order valence-electron chi connectivity index (χ1n) is 9.41. The van der Waals surface area contributed by atoms with Crippen LogP contribution in [0.4, 0.5) is 5.69 Å². The van der Waals surface area contributed by atoms with Crippen molar-refractivity contribution in [3.63, 3.8) is 0 Å². The van der Waals surface area contributed by atoms with Crippen molar-refractivity contribution in [3.8, 4) is 11.5 Å². The highest BCUT2D eigenvalue weighted by molar-refractivity contribution is 6.01. The quantitative estimate of drug-likeness (QED) is 0.683. The van der Waals surface area contributed by atoms with Gasteiger partial charge in [0.2, 0.25) is 12.7 Å². The first-order valence-corrected chi connectivity index (χ1v) is 9.41. The van der Waals surface area contributed by atoms with Gasteiger partial charge in [-0.05, 0) is 37.4 Å². The Morgan fingerprint density at radius 3 is 2.96 bits per heavy atom. The molecule has 7 rings (SSSR count). The van der Waals surface area contributed by atoms with Gasteiger partial charge in [-0.2, -0.15) is 0 Å². The molecule has 5 heteroatoms. The van der Waals surface area contributed by atoms with Crippen molar-refractivity contribution in [1.29, 1.82) is 0 Å². The van der Waals surface area contributed by atoms with Crippen LogP contribution in [0.25, 0.3) is 0 Å². The number of carbonyl (C=O) groups is 1. The number of benzene rings is 1. The molecule has 5 nitrogen and oxygen atoms in total. The second-order valence-corrected chi connectivity index (χ2v) is 8.54. The molecule has 1 aromatic carbocycles. The van der Waals surface area contributed by atoms with Crippen LogP contribution in [0.3, 0.4) is 0 Å². The van der Waals surface area contributed by atoms with E-state index in [-0.39, 0.29) is 17.7 Å². The van der Waals surface area contributed by atoms with E-state index in [1.807, 2.05) is 0 Å². The minimum Gasteiger partial charge on any atom is -0.454 e. The molecule has 0 N–H and O–H groups in total. The molecule has 6 aliphatic rings. The lowest BCUT2D eigenvalue weighted by molar-refractivity contribution is -0.127. The van der Waals surface area contributed by atoms with Crippen LogP contribution in [0.5, 0.6) is 11.5 Å². The maximum Gasteiger partial charge on any atom is 0.231 e. The van der Waals surface area contributed by atoms with Crippen LogP contribution in [0, 0.1) is 5.41 Å². The minimum atomic E-state index is -0.0598. The second-order valence-electron chi connectivity index (χ2n) is 8.54. The highest BCUT2D eigenvalue weighted by Crippen LogP contribution is 2.69. The number of hydrogen-bond donors (Lipinski definition) is 0. The molecular weight excluding hydrogens is 316 g/mol. The molecular formula is C20H20N2O3. The highest BCUT2D eigenvalue weighted by Gasteiger charge is 2.73. The standard InChI is InChI=1S/C20H20N2O3/c23-17-10-19-3-1-6-21-7-2-13-12-8-15-16(25-11-24-15)9-14(12)22(17)20(13,5-4-19)18(19)21/h1,3,8-9,13,18H,2,4-7,10-11H2/t13-,18-,19-,20+/m0/s1. The van der Waals surface area contributed by atoms with Crippen LogP contribution < -0.4 is 14.4 Å². The zero-order chi connectivity index (χ0) is 16.4. The van der Waals surface area contributed by atoms with Gasteiger partial charge in [-0.25, -0.2) is 0 Å². The minimum absolute atomic E-state index is 0.0578. The Hall–Kier alpha value is -2.01. The molecule has 0 unspecified atom stereocenters. The van der Waals surface area contributed by atoms with E-state index in [0.29, 0.717) is 24.3 Å². The molecule has 1 saturated carbocycles. The number of nitrogens with zero attached hydrogens (tertiary/aromatic N) is 2. The van der Waals surface area contributed by atoms with Crippen LogP contribution in [0.15, 0.2) is 24.3 Å². The van der Waals surface area contributed by atoms with E-state index in [4.69, 9.17) is 9.47 Å². The van der Waals surface area contributed by atoms with Gasteiger partial charge in [0.1, 0.15) is 0 Å². The van der Waals surface area contributed by atoms with Crippen molar-refractivity contribution in [1.82, 2.24) is 4.90 Å². The topological polar surface area (TPSA) is 42.0 Å². The molecule has 1 aromatic rings. The molecule has 3 fully saturated rings. The molecule has 0 radical (unpaired) electrons. The average molecular weight is 336 g/mol. The molecule has 0 aromatic heterocycles. The van der Waals surface area contributed by atoms with Crippen LogP contribution >= 0.6 is 0 Å². The lowest BCUT2D eigenvalue weighted by Crippen LogP contribution is -2.72. The SMILES string of the molecule is O=C1C[C@]23C=CCN4CC[C@H]5c6cc7c(cc6N1[C@@]5(CC2)[C@@H]43)OCO7. The Labute approximate surface area is 146 Å². The fraction of sp³-hybridized carbons (Fsp3) is 0.550. The number of piperidine rings is 2. The van der Waals surface area contributed by atoms with Gasteiger partial charge >= 0.3 is 0 Å². The van der Waals surface area contributed by atoms with Crippen LogP contribution in [-0.2, 0) is 4.79 Å². The van der Waals surface area contributed by atoms with Crippen molar-refractivity contribution < 1.29 is 14.3 Å². The molecule has 1 amide bonds. The van der Waals surface area contributed by atoms with E-state index < -0.39 is 0 Å². The molecule has 5 aliphatic heterocycles. The Balaban J connectivity index is 1.52. The molecule has 1 aliphatic carbocycles. The van der Waals surface area contributed by atoms with Crippen molar-refractivity contribution in [2.75, 3.05) is 24.8 Å². The highest BCUT2D eigenvalue weighted by atomic mass is 16.7. The van der Waals surface area contributed by atoms with E-state index in [1.165, 1.54) is 5.56 Å². The molecule has 2 bridgehead atoms. The Bertz CT molecular complexity index is 880. The summed E-state index contributed by atoms with van der Waals surface area (Å²) in [7, 11) is 0. The zero-order valence-corrected chi connectivity index (χ0v) is 14.0. The summed E-state index contributed by atoms with van der Waals surface area (Å²) in [5, 5.41) is 0. The van der Waals surface area contributed by atoms with E-state index in [0.717, 1.165) is 49.5 Å². The Morgan fingerprint density at radius 1 is 1.16 bits per heavy atom. The normalized spacial score (nSPS) is 41.9. The van der Waals surface area contributed by atoms with Gasteiger partial charge in [-0.1, -0.05) is 12.2 Å². The van der Waals surface area contributed by atoms with Crippen LogP contribution in [0.2, 0.25) is 0 Å². The molecule has 128 valence electrons. The van der Waals surface area contributed by atoms with E-state index in [1.54, 1.807) is 0 Å². The summed E-state index contributed by atoms with van der Waals surface area (Å²) >= 11 is 0. The van der Waals surface area contributed by atoms with Gasteiger partial charge in [0.05, 0.1) is 11.2 Å². The monoisotopic (exact) mass is 336 g/mol. The number of rotatable bonds is 0. The summed E-state index contributed by atoms with van der Waals surface area (Å²) in [5.74, 6) is 2.36. The zero-order valence-electron chi connectivity index (χ0n) is 14.0. The summed E-state index contributed by atoms with van der Waals surface area (Å²) in [6.07, 6.45) is 8.69. The summed E-state index contributed by atoms with van der Waals surface area (Å²) in [5.41, 5.74) is 2.40. The van der Waals surface area contributed by atoms with E-state index in [2.05, 4.69) is 34.1 Å². The lowest BCUT2D eigenvalue weighted by atomic mass is 9.63. The van der Waals surface area contributed by atoms with Gasteiger partial charge in [-0.3, -0.25) is 9.69 Å². The largest absolute Gasteiger partial charge is 0.454 e. The molecule has 5 heterocycles. The van der Waals surface area contributed by atoms with E-state index >= 15 is 0 Å².